The number of benzene rings is 2. The SMILES string of the molecule is COc1ccc(CNc2ccc(S(=O)(=O)NCCN(C)C)cc2[N+](=O)[O-])cc1. The van der Waals surface area contributed by atoms with Crippen LogP contribution in [-0.4, -0.2) is 52.5 Å². The van der Waals surface area contributed by atoms with Gasteiger partial charge >= 0.3 is 0 Å². The molecule has 0 fully saturated rings. The normalized spacial score (nSPS) is 11.4. The summed E-state index contributed by atoms with van der Waals surface area (Å²) in [4.78, 5) is 12.5. The molecule has 28 heavy (non-hydrogen) atoms. The Morgan fingerprint density at radius 3 is 2.39 bits per heavy atom. The zero-order valence-corrected chi connectivity index (χ0v) is 16.8. The molecule has 0 saturated carbocycles. The van der Waals surface area contributed by atoms with Gasteiger partial charge in [0.1, 0.15) is 11.4 Å². The van der Waals surface area contributed by atoms with E-state index in [0.717, 1.165) is 11.6 Å². The summed E-state index contributed by atoms with van der Waals surface area (Å²) < 4.78 is 32.2. The number of ether oxygens (including phenoxy) is 1. The van der Waals surface area contributed by atoms with Crippen molar-refractivity contribution < 1.29 is 18.1 Å². The van der Waals surface area contributed by atoms with Crippen molar-refractivity contribution in [2.45, 2.75) is 11.4 Å². The Morgan fingerprint density at radius 1 is 1.14 bits per heavy atom. The van der Waals surface area contributed by atoms with Crippen LogP contribution >= 0.6 is 0 Å². The minimum absolute atomic E-state index is 0.145. The number of sulfonamides is 1. The molecule has 0 bridgehead atoms. The minimum atomic E-state index is -3.83. The molecule has 10 heteroatoms. The molecular weight excluding hydrogens is 384 g/mol. The van der Waals surface area contributed by atoms with Crippen LogP contribution in [0.5, 0.6) is 5.75 Å². The first-order valence-corrected chi connectivity index (χ1v) is 10.0. The zero-order valence-electron chi connectivity index (χ0n) is 16.0. The Morgan fingerprint density at radius 2 is 1.82 bits per heavy atom. The first-order valence-electron chi connectivity index (χ1n) is 8.52. The summed E-state index contributed by atoms with van der Waals surface area (Å²) in [5, 5.41) is 14.4. The van der Waals surface area contributed by atoms with E-state index in [-0.39, 0.29) is 22.8 Å². The third kappa shape index (κ3) is 5.91. The number of hydrogen-bond acceptors (Lipinski definition) is 7. The molecule has 0 saturated heterocycles. The van der Waals surface area contributed by atoms with Crippen LogP contribution in [0, 0.1) is 10.1 Å². The molecule has 152 valence electrons. The number of nitrogens with zero attached hydrogens (tertiary/aromatic N) is 2. The van der Waals surface area contributed by atoms with Crippen LogP contribution in [0.4, 0.5) is 11.4 Å². The second-order valence-electron chi connectivity index (χ2n) is 6.34. The third-order valence-electron chi connectivity index (χ3n) is 3.97. The lowest BCUT2D eigenvalue weighted by Gasteiger charge is -2.12. The van der Waals surface area contributed by atoms with Gasteiger partial charge in [-0.3, -0.25) is 10.1 Å². The van der Waals surface area contributed by atoms with Gasteiger partial charge < -0.3 is 15.0 Å². The van der Waals surface area contributed by atoms with Crippen LogP contribution in [0.3, 0.4) is 0 Å². The number of methoxy groups -OCH3 is 1. The summed E-state index contributed by atoms with van der Waals surface area (Å²) in [5.41, 5.74) is 0.842. The van der Waals surface area contributed by atoms with Crippen LogP contribution < -0.4 is 14.8 Å². The molecule has 0 spiro atoms. The molecule has 0 radical (unpaired) electrons. The second kappa shape index (κ2) is 9.49. The molecule has 0 aliphatic carbocycles. The van der Waals surface area contributed by atoms with Crippen LogP contribution in [0.15, 0.2) is 47.4 Å². The number of likely N-dealkylation sites (N-methyl/N-ethyl adjacent to an activating group) is 1. The van der Waals surface area contributed by atoms with Crippen LogP contribution in [0.25, 0.3) is 0 Å². The van der Waals surface area contributed by atoms with E-state index < -0.39 is 14.9 Å². The minimum Gasteiger partial charge on any atom is -0.497 e. The second-order valence-corrected chi connectivity index (χ2v) is 8.11. The first kappa shape index (κ1) is 21.6. The maximum Gasteiger partial charge on any atom is 0.293 e. The highest BCUT2D eigenvalue weighted by atomic mass is 32.2. The fraction of sp³-hybridized carbons (Fsp3) is 0.333. The lowest BCUT2D eigenvalue weighted by molar-refractivity contribution is -0.384. The van der Waals surface area contributed by atoms with Crippen LogP contribution in [0.2, 0.25) is 0 Å². The van der Waals surface area contributed by atoms with Crippen molar-refractivity contribution in [1.29, 1.82) is 0 Å². The van der Waals surface area contributed by atoms with Crippen molar-refractivity contribution in [2.75, 3.05) is 39.6 Å². The summed E-state index contributed by atoms with van der Waals surface area (Å²) in [6.07, 6.45) is 0. The van der Waals surface area contributed by atoms with Gasteiger partial charge in [0, 0.05) is 25.7 Å². The van der Waals surface area contributed by atoms with E-state index in [2.05, 4.69) is 10.0 Å². The Bertz CT molecular complexity index is 914. The quantitative estimate of drug-likeness (QED) is 0.457. The number of nitro benzene ring substituents is 1. The highest BCUT2D eigenvalue weighted by Crippen LogP contribution is 2.28. The number of hydrogen-bond donors (Lipinski definition) is 2. The molecule has 9 nitrogen and oxygen atoms in total. The van der Waals surface area contributed by atoms with Gasteiger partial charge in [0.15, 0.2) is 0 Å². The predicted molar refractivity (Wildman–Crippen MR) is 107 cm³/mol. The van der Waals surface area contributed by atoms with Gasteiger partial charge in [-0.05, 0) is 43.9 Å². The number of rotatable bonds is 10. The Kier molecular flexibility index (Phi) is 7.32. The molecule has 0 heterocycles. The standard InChI is InChI=1S/C18H24N4O5S/c1-21(2)11-10-20-28(25,26)16-8-9-17(18(12-16)22(23)24)19-13-14-4-6-15(27-3)7-5-14/h4-9,12,19-20H,10-11,13H2,1-3H3. The fourth-order valence-corrected chi connectivity index (χ4v) is 3.45. The molecule has 2 aromatic rings. The summed E-state index contributed by atoms with van der Waals surface area (Å²) in [7, 11) is 1.39. The van der Waals surface area contributed by atoms with E-state index >= 15 is 0 Å². The van der Waals surface area contributed by atoms with E-state index in [1.807, 2.05) is 31.1 Å². The van der Waals surface area contributed by atoms with E-state index in [4.69, 9.17) is 4.74 Å². The molecule has 0 aromatic heterocycles. The molecule has 0 aliphatic rings. The Balaban J connectivity index is 2.16. The molecule has 2 rings (SSSR count). The van der Waals surface area contributed by atoms with Crippen molar-refractivity contribution in [3.63, 3.8) is 0 Å². The highest BCUT2D eigenvalue weighted by molar-refractivity contribution is 7.89. The molecule has 0 unspecified atom stereocenters. The van der Waals surface area contributed by atoms with Crippen molar-refractivity contribution in [3.8, 4) is 5.75 Å². The third-order valence-corrected chi connectivity index (χ3v) is 5.43. The topological polar surface area (TPSA) is 114 Å². The molecule has 0 atom stereocenters. The zero-order chi connectivity index (χ0) is 20.7. The average molecular weight is 408 g/mol. The maximum absolute atomic E-state index is 12.4. The van der Waals surface area contributed by atoms with Gasteiger partial charge in [-0.15, -0.1) is 0 Å². The number of nitrogens with one attached hydrogen (secondary N) is 2. The van der Waals surface area contributed by atoms with Gasteiger partial charge in [0.2, 0.25) is 10.0 Å². The number of nitro groups is 1. The van der Waals surface area contributed by atoms with Gasteiger partial charge in [-0.1, -0.05) is 12.1 Å². The highest BCUT2D eigenvalue weighted by Gasteiger charge is 2.21. The first-order chi connectivity index (χ1) is 13.2. The number of anilines is 1. The Labute approximate surface area is 164 Å². The fourth-order valence-electron chi connectivity index (χ4n) is 2.41. The average Bonchev–Trinajstić information content (AvgIpc) is 2.66. The van der Waals surface area contributed by atoms with E-state index in [1.54, 1.807) is 19.2 Å². The lowest BCUT2D eigenvalue weighted by atomic mass is 10.2. The largest absolute Gasteiger partial charge is 0.497 e. The van der Waals surface area contributed by atoms with Gasteiger partial charge in [-0.2, -0.15) is 0 Å². The molecule has 2 N–H and O–H groups in total. The summed E-state index contributed by atoms with van der Waals surface area (Å²) >= 11 is 0. The molecule has 2 aromatic carbocycles. The van der Waals surface area contributed by atoms with E-state index in [0.29, 0.717) is 18.8 Å². The maximum atomic E-state index is 12.4. The molecular formula is C18H24N4O5S. The van der Waals surface area contributed by atoms with Gasteiger partial charge in [0.25, 0.3) is 5.69 Å². The van der Waals surface area contributed by atoms with E-state index in [1.165, 1.54) is 12.1 Å². The lowest BCUT2D eigenvalue weighted by Crippen LogP contribution is -2.31. The van der Waals surface area contributed by atoms with Crippen molar-refractivity contribution in [1.82, 2.24) is 9.62 Å². The monoisotopic (exact) mass is 408 g/mol. The van der Waals surface area contributed by atoms with Crippen molar-refractivity contribution in [3.05, 3.63) is 58.1 Å². The summed E-state index contributed by atoms with van der Waals surface area (Å²) in [6, 6.07) is 11.1. The van der Waals surface area contributed by atoms with Crippen LogP contribution in [0.1, 0.15) is 5.56 Å². The Hall–Kier alpha value is -2.69. The summed E-state index contributed by atoms with van der Waals surface area (Å²) in [5.74, 6) is 0.714. The molecule has 0 aliphatic heterocycles. The van der Waals surface area contributed by atoms with Crippen LogP contribution in [-0.2, 0) is 16.6 Å². The smallest absolute Gasteiger partial charge is 0.293 e. The summed E-state index contributed by atoms with van der Waals surface area (Å²) in [6.45, 7) is 1.07. The van der Waals surface area contributed by atoms with Gasteiger partial charge in [-0.25, -0.2) is 13.1 Å². The molecule has 0 amide bonds. The van der Waals surface area contributed by atoms with E-state index in [9.17, 15) is 18.5 Å². The van der Waals surface area contributed by atoms with Crippen molar-refractivity contribution in [2.24, 2.45) is 0 Å². The predicted octanol–water partition coefficient (Wildman–Crippen LogP) is 2.06. The van der Waals surface area contributed by atoms with Gasteiger partial charge in [0.05, 0.1) is 16.9 Å². The van der Waals surface area contributed by atoms with Crippen molar-refractivity contribution >= 4 is 21.4 Å².